The standard InChI is InChI=1S/C20H30FN3O2/c1-3-24(18-8-10-22(2)11-9-18)20(25)19(23-12-14-26-15-13-23)16-4-6-17(21)7-5-16/h4-7,18-19H,3,8-15H2,1-2H3. The Kier molecular flexibility index (Phi) is 6.62. The van der Waals surface area contributed by atoms with Crippen molar-refractivity contribution in [3.8, 4) is 0 Å². The van der Waals surface area contributed by atoms with Crippen LogP contribution in [0.2, 0.25) is 0 Å². The molecule has 2 aliphatic rings. The summed E-state index contributed by atoms with van der Waals surface area (Å²) >= 11 is 0. The van der Waals surface area contributed by atoms with E-state index in [1.165, 1.54) is 12.1 Å². The second-order valence-corrected chi connectivity index (χ2v) is 7.26. The lowest BCUT2D eigenvalue weighted by Gasteiger charge is -2.41. The molecule has 2 heterocycles. The van der Waals surface area contributed by atoms with Gasteiger partial charge in [-0.1, -0.05) is 12.1 Å². The van der Waals surface area contributed by atoms with Crippen molar-refractivity contribution in [2.75, 3.05) is 53.0 Å². The summed E-state index contributed by atoms with van der Waals surface area (Å²) in [6, 6.07) is 6.31. The molecule has 0 aliphatic carbocycles. The SMILES string of the molecule is CCN(C(=O)C(c1ccc(F)cc1)N1CCOCC1)C1CCN(C)CC1. The maximum absolute atomic E-state index is 13.6. The third-order valence-corrected chi connectivity index (χ3v) is 5.58. The fourth-order valence-electron chi connectivity index (χ4n) is 4.05. The molecule has 5 nitrogen and oxygen atoms in total. The van der Waals surface area contributed by atoms with Gasteiger partial charge in [-0.05, 0) is 57.6 Å². The summed E-state index contributed by atoms with van der Waals surface area (Å²) in [5.41, 5.74) is 0.865. The molecular weight excluding hydrogens is 333 g/mol. The molecule has 0 saturated carbocycles. The van der Waals surface area contributed by atoms with Crippen LogP contribution in [0, 0.1) is 5.82 Å². The second-order valence-electron chi connectivity index (χ2n) is 7.26. The summed E-state index contributed by atoms with van der Waals surface area (Å²) in [6.45, 7) is 7.50. The van der Waals surface area contributed by atoms with Crippen molar-refractivity contribution >= 4 is 5.91 Å². The molecule has 1 unspecified atom stereocenters. The van der Waals surface area contributed by atoms with E-state index in [0.717, 1.165) is 44.6 Å². The highest BCUT2D eigenvalue weighted by Gasteiger charge is 2.35. The first kappa shape index (κ1) is 19.3. The Morgan fingerprint density at radius 2 is 1.81 bits per heavy atom. The van der Waals surface area contributed by atoms with E-state index in [-0.39, 0.29) is 23.8 Å². The summed E-state index contributed by atoms with van der Waals surface area (Å²) < 4.78 is 18.9. The number of benzene rings is 1. The van der Waals surface area contributed by atoms with E-state index in [1.807, 2.05) is 4.90 Å². The Labute approximate surface area is 155 Å². The predicted molar refractivity (Wildman–Crippen MR) is 99.4 cm³/mol. The van der Waals surface area contributed by atoms with Crippen LogP contribution in [0.4, 0.5) is 4.39 Å². The molecule has 2 fully saturated rings. The number of nitrogens with zero attached hydrogens (tertiary/aromatic N) is 3. The molecule has 0 spiro atoms. The normalized spacial score (nSPS) is 21.5. The topological polar surface area (TPSA) is 36.0 Å². The molecule has 6 heteroatoms. The number of rotatable bonds is 5. The van der Waals surface area contributed by atoms with Crippen molar-refractivity contribution in [3.63, 3.8) is 0 Å². The predicted octanol–water partition coefficient (Wildman–Crippen LogP) is 2.14. The number of hydrogen-bond acceptors (Lipinski definition) is 4. The molecule has 1 atom stereocenters. The van der Waals surface area contributed by atoms with Crippen LogP contribution in [0.5, 0.6) is 0 Å². The summed E-state index contributed by atoms with van der Waals surface area (Å²) in [5, 5.41) is 0. The number of hydrogen-bond donors (Lipinski definition) is 0. The average molecular weight is 363 g/mol. The Hall–Kier alpha value is -1.50. The first-order valence-corrected chi connectivity index (χ1v) is 9.66. The molecule has 2 saturated heterocycles. The molecule has 0 aromatic heterocycles. The number of piperidine rings is 1. The van der Waals surface area contributed by atoms with Crippen LogP contribution in [0.3, 0.4) is 0 Å². The number of ether oxygens (including phenoxy) is 1. The summed E-state index contributed by atoms with van der Waals surface area (Å²) in [7, 11) is 2.13. The Morgan fingerprint density at radius 3 is 2.38 bits per heavy atom. The van der Waals surface area contributed by atoms with Gasteiger partial charge in [0.2, 0.25) is 5.91 Å². The number of likely N-dealkylation sites (tertiary alicyclic amines) is 1. The van der Waals surface area contributed by atoms with Gasteiger partial charge in [-0.15, -0.1) is 0 Å². The zero-order valence-corrected chi connectivity index (χ0v) is 15.9. The first-order valence-electron chi connectivity index (χ1n) is 9.66. The molecule has 2 aliphatic heterocycles. The number of carbonyl (C=O) groups excluding carboxylic acids is 1. The van der Waals surface area contributed by atoms with Crippen LogP contribution in [-0.2, 0) is 9.53 Å². The zero-order valence-electron chi connectivity index (χ0n) is 15.9. The van der Waals surface area contributed by atoms with Gasteiger partial charge in [0.25, 0.3) is 0 Å². The largest absolute Gasteiger partial charge is 0.379 e. The third-order valence-electron chi connectivity index (χ3n) is 5.58. The van der Waals surface area contributed by atoms with Crippen LogP contribution in [0.1, 0.15) is 31.4 Å². The maximum Gasteiger partial charge on any atom is 0.244 e. The minimum absolute atomic E-state index is 0.135. The number of morpholine rings is 1. The van der Waals surface area contributed by atoms with Crippen molar-refractivity contribution in [2.45, 2.75) is 31.8 Å². The van der Waals surface area contributed by atoms with Gasteiger partial charge >= 0.3 is 0 Å². The lowest BCUT2D eigenvalue weighted by molar-refractivity contribution is -0.142. The Bertz CT molecular complexity index is 581. The summed E-state index contributed by atoms with van der Waals surface area (Å²) in [5.74, 6) is -0.139. The Morgan fingerprint density at radius 1 is 1.19 bits per heavy atom. The van der Waals surface area contributed by atoms with Crippen molar-refractivity contribution in [2.24, 2.45) is 0 Å². The molecular formula is C20H30FN3O2. The fourth-order valence-corrected chi connectivity index (χ4v) is 4.05. The monoisotopic (exact) mass is 363 g/mol. The molecule has 26 heavy (non-hydrogen) atoms. The fraction of sp³-hybridized carbons (Fsp3) is 0.650. The minimum atomic E-state index is -0.362. The molecule has 144 valence electrons. The van der Waals surface area contributed by atoms with E-state index in [2.05, 4.69) is 23.8 Å². The van der Waals surface area contributed by atoms with E-state index in [1.54, 1.807) is 12.1 Å². The number of halogens is 1. The second kappa shape index (κ2) is 8.93. The van der Waals surface area contributed by atoms with E-state index in [0.29, 0.717) is 19.8 Å². The van der Waals surface area contributed by atoms with Crippen LogP contribution in [0.15, 0.2) is 24.3 Å². The average Bonchev–Trinajstić information content (AvgIpc) is 2.66. The van der Waals surface area contributed by atoms with Gasteiger partial charge in [0.15, 0.2) is 0 Å². The van der Waals surface area contributed by atoms with Crippen LogP contribution in [0.25, 0.3) is 0 Å². The molecule has 0 bridgehead atoms. The Balaban J connectivity index is 1.83. The molecule has 0 radical (unpaired) electrons. The lowest BCUT2D eigenvalue weighted by atomic mass is 9.99. The van der Waals surface area contributed by atoms with Crippen LogP contribution < -0.4 is 0 Å². The third kappa shape index (κ3) is 4.42. The highest BCUT2D eigenvalue weighted by atomic mass is 19.1. The van der Waals surface area contributed by atoms with E-state index < -0.39 is 0 Å². The summed E-state index contributed by atoms with van der Waals surface area (Å²) in [4.78, 5) is 20.1. The molecule has 1 aromatic carbocycles. The van der Waals surface area contributed by atoms with Gasteiger partial charge in [-0.3, -0.25) is 9.69 Å². The van der Waals surface area contributed by atoms with Gasteiger partial charge in [0, 0.05) is 25.7 Å². The number of likely N-dealkylation sites (N-methyl/N-ethyl adjacent to an activating group) is 1. The van der Waals surface area contributed by atoms with Gasteiger partial charge in [-0.2, -0.15) is 0 Å². The lowest BCUT2D eigenvalue weighted by Crippen LogP contribution is -2.52. The van der Waals surface area contributed by atoms with Gasteiger partial charge in [-0.25, -0.2) is 4.39 Å². The van der Waals surface area contributed by atoms with Crippen molar-refractivity contribution < 1.29 is 13.9 Å². The van der Waals surface area contributed by atoms with Crippen molar-refractivity contribution in [1.82, 2.24) is 14.7 Å². The summed E-state index contributed by atoms with van der Waals surface area (Å²) in [6.07, 6.45) is 2.02. The minimum Gasteiger partial charge on any atom is -0.379 e. The van der Waals surface area contributed by atoms with Crippen molar-refractivity contribution in [3.05, 3.63) is 35.6 Å². The molecule has 1 amide bonds. The first-order chi connectivity index (χ1) is 12.6. The quantitative estimate of drug-likeness (QED) is 0.803. The smallest absolute Gasteiger partial charge is 0.244 e. The zero-order chi connectivity index (χ0) is 18.5. The van der Waals surface area contributed by atoms with E-state index in [4.69, 9.17) is 4.74 Å². The maximum atomic E-state index is 13.6. The number of carbonyl (C=O) groups is 1. The van der Waals surface area contributed by atoms with Gasteiger partial charge in [0.1, 0.15) is 11.9 Å². The highest BCUT2D eigenvalue weighted by Crippen LogP contribution is 2.27. The van der Waals surface area contributed by atoms with Crippen molar-refractivity contribution in [1.29, 1.82) is 0 Å². The molecule has 0 N–H and O–H groups in total. The van der Waals surface area contributed by atoms with E-state index >= 15 is 0 Å². The van der Waals surface area contributed by atoms with Crippen LogP contribution in [-0.4, -0.2) is 79.6 Å². The molecule has 1 aromatic rings. The number of amides is 1. The van der Waals surface area contributed by atoms with Crippen LogP contribution >= 0.6 is 0 Å². The van der Waals surface area contributed by atoms with Gasteiger partial charge in [0.05, 0.1) is 13.2 Å². The molecule has 3 rings (SSSR count). The highest BCUT2D eigenvalue weighted by molar-refractivity contribution is 5.83. The van der Waals surface area contributed by atoms with E-state index in [9.17, 15) is 9.18 Å². The van der Waals surface area contributed by atoms with Gasteiger partial charge < -0.3 is 14.5 Å².